The molecule has 0 saturated carbocycles. The van der Waals surface area contributed by atoms with Gasteiger partial charge in [0.2, 0.25) is 10.0 Å². The average Bonchev–Trinajstić information content (AvgIpc) is 2.49. The molecule has 0 unspecified atom stereocenters. The number of benzene rings is 1. The van der Waals surface area contributed by atoms with Crippen molar-refractivity contribution in [3.63, 3.8) is 0 Å². The Balaban J connectivity index is 1.90. The molecule has 0 aromatic heterocycles. The van der Waals surface area contributed by atoms with Gasteiger partial charge in [0, 0.05) is 13.1 Å². The predicted molar refractivity (Wildman–Crippen MR) is 83.0 cm³/mol. The summed E-state index contributed by atoms with van der Waals surface area (Å²) >= 11 is 0. The summed E-state index contributed by atoms with van der Waals surface area (Å²) in [7, 11) is -3.44. The van der Waals surface area contributed by atoms with Gasteiger partial charge in [0.05, 0.1) is 11.5 Å². The topological polar surface area (TPSA) is 67.4 Å². The molecule has 0 aliphatic carbocycles. The van der Waals surface area contributed by atoms with E-state index in [1.54, 1.807) is 24.3 Å². The number of hydrogen-bond donors (Lipinski definition) is 2. The zero-order valence-corrected chi connectivity index (χ0v) is 13.1. The number of rotatable bonds is 7. The highest BCUT2D eigenvalue weighted by Crippen LogP contribution is 2.16. The van der Waals surface area contributed by atoms with Crippen molar-refractivity contribution in [2.45, 2.75) is 24.7 Å². The summed E-state index contributed by atoms with van der Waals surface area (Å²) in [6, 6.07) is 6.48. The minimum Gasteiger partial charge on any atom is -0.494 e. The smallest absolute Gasteiger partial charge is 0.240 e. The molecule has 0 amide bonds. The summed E-state index contributed by atoms with van der Waals surface area (Å²) in [6.45, 7) is 4.73. The second kappa shape index (κ2) is 7.59. The fourth-order valence-electron chi connectivity index (χ4n) is 2.21. The van der Waals surface area contributed by atoms with E-state index in [2.05, 4.69) is 16.1 Å². The van der Waals surface area contributed by atoms with Crippen molar-refractivity contribution in [2.24, 2.45) is 0 Å². The first-order valence-corrected chi connectivity index (χ1v) is 8.71. The summed E-state index contributed by atoms with van der Waals surface area (Å²) < 4.78 is 32.3. The van der Waals surface area contributed by atoms with Gasteiger partial charge in [-0.25, -0.2) is 13.1 Å². The van der Waals surface area contributed by atoms with E-state index in [-0.39, 0.29) is 4.90 Å². The van der Waals surface area contributed by atoms with Crippen molar-refractivity contribution in [3.05, 3.63) is 35.9 Å². The van der Waals surface area contributed by atoms with Crippen LogP contribution < -0.4 is 14.8 Å². The van der Waals surface area contributed by atoms with Crippen LogP contribution in [0.4, 0.5) is 0 Å². The lowest BCUT2D eigenvalue weighted by molar-refractivity contribution is 0.340. The van der Waals surface area contributed by atoms with Crippen LogP contribution in [0.1, 0.15) is 19.8 Å². The molecule has 0 bridgehead atoms. The Morgan fingerprint density at radius 1 is 1.29 bits per heavy atom. The number of hydrogen-bond acceptors (Lipinski definition) is 4. The molecule has 5 nitrogen and oxygen atoms in total. The lowest BCUT2D eigenvalue weighted by Crippen LogP contribution is -2.26. The van der Waals surface area contributed by atoms with Crippen LogP contribution in [0.15, 0.2) is 40.8 Å². The lowest BCUT2D eigenvalue weighted by atomic mass is 10.1. The van der Waals surface area contributed by atoms with Crippen LogP contribution in [0.3, 0.4) is 0 Å². The fraction of sp³-hybridized carbons (Fsp3) is 0.467. The van der Waals surface area contributed by atoms with Crippen LogP contribution in [-0.2, 0) is 10.0 Å². The largest absolute Gasteiger partial charge is 0.494 e. The summed E-state index contributed by atoms with van der Waals surface area (Å²) in [6.07, 6.45) is 3.89. The molecule has 6 heteroatoms. The SMILES string of the molecule is CCOc1ccc(S(=O)(=O)NCCC2=CCNCC2)cc1. The van der Waals surface area contributed by atoms with E-state index < -0.39 is 10.0 Å². The van der Waals surface area contributed by atoms with Gasteiger partial charge in [0.25, 0.3) is 0 Å². The molecule has 1 aliphatic heterocycles. The van der Waals surface area contributed by atoms with Crippen molar-refractivity contribution < 1.29 is 13.2 Å². The monoisotopic (exact) mass is 310 g/mol. The van der Waals surface area contributed by atoms with Crippen LogP contribution in [-0.4, -0.2) is 34.7 Å². The maximum Gasteiger partial charge on any atom is 0.240 e. The third kappa shape index (κ3) is 4.84. The summed E-state index contributed by atoms with van der Waals surface area (Å²) in [5.74, 6) is 0.677. The lowest BCUT2D eigenvalue weighted by Gasteiger charge is -2.14. The summed E-state index contributed by atoms with van der Waals surface area (Å²) in [5.41, 5.74) is 1.31. The van der Waals surface area contributed by atoms with Crippen molar-refractivity contribution in [3.8, 4) is 5.75 Å². The molecule has 1 aliphatic rings. The molecule has 0 spiro atoms. The Kier molecular flexibility index (Phi) is 5.78. The van der Waals surface area contributed by atoms with Crippen LogP contribution in [0, 0.1) is 0 Å². The van der Waals surface area contributed by atoms with E-state index >= 15 is 0 Å². The molecule has 2 N–H and O–H groups in total. The first-order chi connectivity index (χ1) is 10.1. The Morgan fingerprint density at radius 2 is 2.05 bits per heavy atom. The van der Waals surface area contributed by atoms with Crippen molar-refractivity contribution >= 4 is 10.0 Å². The highest BCUT2D eigenvalue weighted by molar-refractivity contribution is 7.89. The Bertz CT molecular complexity index is 579. The van der Waals surface area contributed by atoms with Gasteiger partial charge in [-0.1, -0.05) is 11.6 Å². The zero-order valence-electron chi connectivity index (χ0n) is 12.3. The van der Waals surface area contributed by atoms with Crippen LogP contribution >= 0.6 is 0 Å². The van der Waals surface area contributed by atoms with Gasteiger partial charge in [-0.2, -0.15) is 0 Å². The van der Waals surface area contributed by atoms with E-state index in [9.17, 15) is 8.42 Å². The van der Waals surface area contributed by atoms with E-state index in [1.807, 2.05) is 6.92 Å². The molecule has 116 valence electrons. The second-order valence-corrected chi connectivity index (χ2v) is 6.64. The number of nitrogens with one attached hydrogen (secondary N) is 2. The van der Waals surface area contributed by atoms with Crippen LogP contribution in [0.25, 0.3) is 0 Å². The molecule has 0 saturated heterocycles. The van der Waals surface area contributed by atoms with E-state index in [1.165, 1.54) is 5.57 Å². The van der Waals surface area contributed by atoms with Gasteiger partial charge in [-0.15, -0.1) is 0 Å². The van der Waals surface area contributed by atoms with Gasteiger partial charge in [0.1, 0.15) is 5.75 Å². The maximum absolute atomic E-state index is 12.2. The third-order valence-corrected chi connectivity index (χ3v) is 4.82. The highest BCUT2D eigenvalue weighted by Gasteiger charge is 2.13. The average molecular weight is 310 g/mol. The van der Waals surface area contributed by atoms with Crippen molar-refractivity contribution in [1.82, 2.24) is 10.0 Å². The highest BCUT2D eigenvalue weighted by atomic mass is 32.2. The summed E-state index contributed by atoms with van der Waals surface area (Å²) in [5, 5.41) is 3.24. The van der Waals surface area contributed by atoms with E-state index in [0.29, 0.717) is 18.9 Å². The first kappa shape index (κ1) is 16.0. The van der Waals surface area contributed by atoms with E-state index in [0.717, 1.165) is 25.9 Å². The molecule has 1 heterocycles. The standard InChI is InChI=1S/C15H22N2O3S/c1-2-20-14-3-5-15(6-4-14)21(18,19)17-12-9-13-7-10-16-11-8-13/h3-7,16-17H,2,8-12H2,1H3. The van der Waals surface area contributed by atoms with Gasteiger partial charge >= 0.3 is 0 Å². The minimum absolute atomic E-state index is 0.269. The predicted octanol–water partition coefficient (Wildman–Crippen LogP) is 1.67. The molecule has 21 heavy (non-hydrogen) atoms. The maximum atomic E-state index is 12.2. The van der Waals surface area contributed by atoms with Gasteiger partial charge in [0.15, 0.2) is 0 Å². The normalized spacial score (nSPS) is 15.6. The fourth-order valence-corrected chi connectivity index (χ4v) is 3.24. The molecule has 2 rings (SSSR count). The molecular weight excluding hydrogens is 288 g/mol. The van der Waals surface area contributed by atoms with E-state index in [4.69, 9.17) is 4.74 Å². The Labute approximate surface area is 126 Å². The van der Waals surface area contributed by atoms with Gasteiger partial charge in [-0.05, 0) is 50.6 Å². The van der Waals surface area contributed by atoms with Crippen molar-refractivity contribution in [1.29, 1.82) is 0 Å². The van der Waals surface area contributed by atoms with Crippen molar-refractivity contribution in [2.75, 3.05) is 26.2 Å². The molecule has 1 aromatic carbocycles. The number of ether oxygens (including phenoxy) is 1. The molecule has 0 radical (unpaired) electrons. The zero-order chi connectivity index (χ0) is 15.1. The van der Waals surface area contributed by atoms with Crippen LogP contribution in [0.5, 0.6) is 5.75 Å². The first-order valence-electron chi connectivity index (χ1n) is 7.23. The Morgan fingerprint density at radius 3 is 2.67 bits per heavy atom. The second-order valence-electron chi connectivity index (χ2n) is 4.87. The van der Waals surface area contributed by atoms with Gasteiger partial charge < -0.3 is 10.1 Å². The molecular formula is C15H22N2O3S. The summed E-state index contributed by atoms with van der Waals surface area (Å²) in [4.78, 5) is 0.269. The van der Waals surface area contributed by atoms with Crippen LogP contribution in [0.2, 0.25) is 0 Å². The molecule has 0 fully saturated rings. The molecule has 0 atom stereocenters. The Hall–Kier alpha value is -1.37. The minimum atomic E-state index is -3.44. The van der Waals surface area contributed by atoms with Gasteiger partial charge in [-0.3, -0.25) is 0 Å². The quantitative estimate of drug-likeness (QED) is 0.752. The third-order valence-electron chi connectivity index (χ3n) is 3.34. The number of sulfonamides is 1. The molecule has 1 aromatic rings.